The average Bonchev–Trinajstić information content (AvgIpc) is 2.78. The molecule has 0 atom stereocenters. The Morgan fingerprint density at radius 3 is 2.48 bits per heavy atom. The van der Waals surface area contributed by atoms with E-state index in [1.807, 2.05) is 20.8 Å². The van der Waals surface area contributed by atoms with E-state index in [4.69, 9.17) is 4.74 Å². The monoisotopic (exact) mass is 325 g/mol. The quantitative estimate of drug-likeness (QED) is 0.836. The van der Waals surface area contributed by atoms with Crippen molar-refractivity contribution < 1.29 is 9.53 Å². The Kier molecular flexibility index (Phi) is 6.91. The van der Waals surface area contributed by atoms with Crippen LogP contribution in [0, 0.1) is 5.92 Å². The van der Waals surface area contributed by atoms with Gasteiger partial charge in [-0.05, 0) is 33.1 Å². The number of hydrogen-bond acceptors (Lipinski definition) is 3. The van der Waals surface area contributed by atoms with Crippen molar-refractivity contribution in [3.63, 3.8) is 0 Å². The molecule has 0 radical (unpaired) electrons. The highest BCUT2D eigenvalue weighted by atomic mass is 16.6. The van der Waals surface area contributed by atoms with Crippen LogP contribution in [0.1, 0.15) is 59.6 Å². The van der Waals surface area contributed by atoms with E-state index in [0.29, 0.717) is 24.7 Å². The molecule has 0 aliphatic heterocycles. The second-order valence-electron chi connectivity index (χ2n) is 7.08. The zero-order valence-corrected chi connectivity index (χ0v) is 15.3. The molecule has 1 rings (SSSR count). The maximum Gasteiger partial charge on any atom is 0.410 e. The first-order valence-corrected chi connectivity index (χ1v) is 8.39. The van der Waals surface area contributed by atoms with Crippen molar-refractivity contribution in [1.82, 2.24) is 14.7 Å². The van der Waals surface area contributed by atoms with Crippen LogP contribution in [0.2, 0.25) is 0 Å². The minimum atomic E-state index is -0.528. The van der Waals surface area contributed by atoms with E-state index in [-0.39, 0.29) is 5.56 Å². The lowest BCUT2D eigenvalue weighted by Crippen LogP contribution is -2.33. The molecule has 0 aromatic carbocycles. The SMILES string of the molecule is CCC(CC)CCn1[nH]c(CN(C)C(=O)OC(C)(C)C)cc1=O. The van der Waals surface area contributed by atoms with Gasteiger partial charge in [0.2, 0.25) is 0 Å². The van der Waals surface area contributed by atoms with Crippen LogP contribution in [0.5, 0.6) is 0 Å². The number of aromatic amines is 1. The molecule has 23 heavy (non-hydrogen) atoms. The molecule has 6 heteroatoms. The Labute approximate surface area is 138 Å². The van der Waals surface area contributed by atoms with Gasteiger partial charge in [-0.25, -0.2) is 4.79 Å². The van der Waals surface area contributed by atoms with E-state index in [9.17, 15) is 9.59 Å². The number of carbonyl (C=O) groups excluding carboxylic acids is 1. The van der Waals surface area contributed by atoms with Crippen LogP contribution in [-0.2, 0) is 17.8 Å². The normalized spacial score (nSPS) is 11.8. The Balaban J connectivity index is 2.64. The molecule has 0 saturated heterocycles. The maximum absolute atomic E-state index is 12.0. The summed E-state index contributed by atoms with van der Waals surface area (Å²) in [5.74, 6) is 0.637. The molecule has 0 aliphatic carbocycles. The fourth-order valence-corrected chi connectivity index (χ4v) is 2.40. The van der Waals surface area contributed by atoms with Crippen LogP contribution >= 0.6 is 0 Å². The average molecular weight is 325 g/mol. The number of nitrogens with zero attached hydrogens (tertiary/aromatic N) is 2. The highest BCUT2D eigenvalue weighted by molar-refractivity contribution is 5.67. The summed E-state index contributed by atoms with van der Waals surface area (Å²) in [7, 11) is 1.66. The number of carbonyl (C=O) groups is 1. The van der Waals surface area contributed by atoms with Gasteiger partial charge in [-0.3, -0.25) is 14.6 Å². The first-order valence-electron chi connectivity index (χ1n) is 8.39. The molecule has 132 valence electrons. The second-order valence-corrected chi connectivity index (χ2v) is 7.08. The van der Waals surface area contributed by atoms with E-state index in [2.05, 4.69) is 18.9 Å². The summed E-state index contributed by atoms with van der Waals surface area (Å²) in [6.07, 6.45) is 2.83. The zero-order valence-electron chi connectivity index (χ0n) is 15.3. The number of nitrogens with one attached hydrogen (secondary N) is 1. The van der Waals surface area contributed by atoms with E-state index in [1.54, 1.807) is 17.8 Å². The highest BCUT2D eigenvalue weighted by Crippen LogP contribution is 2.13. The number of aryl methyl sites for hydroxylation is 1. The molecule has 0 spiro atoms. The van der Waals surface area contributed by atoms with Crippen molar-refractivity contribution in [1.29, 1.82) is 0 Å². The summed E-state index contributed by atoms with van der Waals surface area (Å²) >= 11 is 0. The summed E-state index contributed by atoms with van der Waals surface area (Å²) in [6.45, 7) is 10.8. The van der Waals surface area contributed by atoms with E-state index in [0.717, 1.165) is 19.3 Å². The molecule has 1 aromatic heterocycles. The zero-order chi connectivity index (χ0) is 17.6. The Morgan fingerprint density at radius 1 is 1.35 bits per heavy atom. The standard InChI is InChI=1S/C17H31N3O3/c1-7-13(8-2)9-10-20-15(21)11-14(18-20)12-19(6)16(22)23-17(3,4)5/h11,13,18H,7-10,12H2,1-6H3. The van der Waals surface area contributed by atoms with Crippen molar-refractivity contribution in [3.05, 3.63) is 22.1 Å². The van der Waals surface area contributed by atoms with Gasteiger partial charge in [0.1, 0.15) is 5.60 Å². The van der Waals surface area contributed by atoms with Crippen LogP contribution < -0.4 is 5.56 Å². The van der Waals surface area contributed by atoms with Gasteiger partial charge in [-0.1, -0.05) is 26.7 Å². The molecule has 6 nitrogen and oxygen atoms in total. The third-order valence-corrected chi connectivity index (χ3v) is 3.87. The van der Waals surface area contributed by atoms with Crippen LogP contribution in [0.4, 0.5) is 4.79 Å². The minimum Gasteiger partial charge on any atom is -0.444 e. The number of ether oxygens (including phenoxy) is 1. The topological polar surface area (TPSA) is 67.3 Å². The number of rotatable bonds is 7. The number of amides is 1. The predicted molar refractivity (Wildman–Crippen MR) is 91.4 cm³/mol. The van der Waals surface area contributed by atoms with Gasteiger partial charge in [0.15, 0.2) is 0 Å². The van der Waals surface area contributed by atoms with Crippen molar-refractivity contribution in [3.8, 4) is 0 Å². The first kappa shape index (κ1) is 19.3. The molecule has 1 amide bonds. The van der Waals surface area contributed by atoms with Crippen molar-refractivity contribution in [2.75, 3.05) is 7.05 Å². The molecule has 0 bridgehead atoms. The minimum absolute atomic E-state index is 0.0523. The lowest BCUT2D eigenvalue weighted by Gasteiger charge is -2.24. The van der Waals surface area contributed by atoms with Crippen LogP contribution in [0.3, 0.4) is 0 Å². The largest absolute Gasteiger partial charge is 0.444 e. The van der Waals surface area contributed by atoms with Gasteiger partial charge in [0.25, 0.3) is 5.56 Å². The summed E-state index contributed by atoms with van der Waals surface area (Å²) in [5.41, 5.74) is 0.136. The van der Waals surface area contributed by atoms with Crippen molar-refractivity contribution in [2.45, 2.75) is 72.6 Å². The van der Waals surface area contributed by atoms with Crippen LogP contribution in [0.15, 0.2) is 10.9 Å². The van der Waals surface area contributed by atoms with Gasteiger partial charge in [-0.15, -0.1) is 0 Å². The molecule has 1 N–H and O–H groups in total. The smallest absolute Gasteiger partial charge is 0.410 e. The first-order chi connectivity index (χ1) is 10.7. The molecular formula is C17H31N3O3. The summed E-state index contributed by atoms with van der Waals surface area (Å²) in [6, 6.07) is 1.55. The van der Waals surface area contributed by atoms with E-state index < -0.39 is 11.7 Å². The number of H-pyrrole nitrogens is 1. The third-order valence-electron chi connectivity index (χ3n) is 3.87. The molecule has 0 fully saturated rings. The second kappa shape index (κ2) is 8.22. The molecule has 0 unspecified atom stereocenters. The Morgan fingerprint density at radius 2 is 1.96 bits per heavy atom. The van der Waals surface area contributed by atoms with Gasteiger partial charge in [0, 0.05) is 19.7 Å². The maximum atomic E-state index is 12.0. The Bertz CT molecular complexity index is 550. The van der Waals surface area contributed by atoms with Crippen molar-refractivity contribution in [2.24, 2.45) is 5.92 Å². The van der Waals surface area contributed by atoms with Gasteiger partial charge < -0.3 is 9.64 Å². The van der Waals surface area contributed by atoms with E-state index >= 15 is 0 Å². The number of aromatic nitrogens is 2. The van der Waals surface area contributed by atoms with Crippen molar-refractivity contribution >= 4 is 6.09 Å². The predicted octanol–water partition coefficient (Wildman–Crippen LogP) is 3.37. The van der Waals surface area contributed by atoms with E-state index in [1.165, 1.54) is 4.90 Å². The molecule has 1 heterocycles. The lowest BCUT2D eigenvalue weighted by atomic mass is 10.00. The molecule has 0 aliphatic rings. The van der Waals surface area contributed by atoms with Gasteiger partial charge >= 0.3 is 6.09 Å². The van der Waals surface area contributed by atoms with Crippen LogP contribution in [0.25, 0.3) is 0 Å². The summed E-state index contributed by atoms with van der Waals surface area (Å²) < 4.78 is 6.93. The summed E-state index contributed by atoms with van der Waals surface area (Å²) in [5, 5.41) is 3.09. The van der Waals surface area contributed by atoms with Gasteiger partial charge in [-0.2, -0.15) is 0 Å². The molecule has 1 aromatic rings. The Hall–Kier alpha value is -1.72. The fourth-order valence-electron chi connectivity index (χ4n) is 2.40. The van der Waals surface area contributed by atoms with Crippen LogP contribution in [-0.4, -0.2) is 33.4 Å². The fraction of sp³-hybridized carbons (Fsp3) is 0.765. The molecule has 0 saturated carbocycles. The highest BCUT2D eigenvalue weighted by Gasteiger charge is 2.20. The summed E-state index contributed by atoms with van der Waals surface area (Å²) in [4.78, 5) is 25.4. The van der Waals surface area contributed by atoms with Gasteiger partial charge in [0.05, 0.1) is 12.2 Å². The lowest BCUT2D eigenvalue weighted by molar-refractivity contribution is 0.0283. The third kappa shape index (κ3) is 6.50. The molecular weight excluding hydrogens is 294 g/mol. The number of hydrogen-bond donors (Lipinski definition) is 1.